The third-order valence-electron chi connectivity index (χ3n) is 2.96. The van der Waals surface area contributed by atoms with Crippen molar-refractivity contribution in [1.82, 2.24) is 0 Å². The van der Waals surface area contributed by atoms with Gasteiger partial charge in [-0.05, 0) is 18.6 Å². The predicted molar refractivity (Wildman–Crippen MR) is 82.6 cm³/mol. The molecule has 0 heterocycles. The number of nitro groups is 1. The summed E-state index contributed by atoms with van der Waals surface area (Å²) < 4.78 is 6.27. The van der Waals surface area contributed by atoms with Crippen LogP contribution >= 0.6 is 15.9 Å². The van der Waals surface area contributed by atoms with Gasteiger partial charge in [-0.3, -0.25) is 10.1 Å². The Morgan fingerprint density at radius 1 is 1.33 bits per heavy atom. The summed E-state index contributed by atoms with van der Waals surface area (Å²) in [6.45, 7) is 1.87. The number of hydrogen-bond acceptors (Lipinski definition) is 4. The van der Waals surface area contributed by atoms with Gasteiger partial charge in [0.15, 0.2) is 0 Å². The van der Waals surface area contributed by atoms with Gasteiger partial charge in [-0.25, -0.2) is 0 Å². The van der Waals surface area contributed by atoms with Gasteiger partial charge < -0.3 is 9.84 Å². The zero-order valence-electron chi connectivity index (χ0n) is 11.3. The third-order valence-corrected chi connectivity index (χ3v) is 3.42. The molecular weight excluding hydrogens is 338 g/mol. The first-order valence-corrected chi connectivity index (χ1v) is 7.20. The largest absolute Gasteiger partial charge is 0.457 e. The van der Waals surface area contributed by atoms with E-state index in [9.17, 15) is 15.2 Å². The van der Waals surface area contributed by atoms with E-state index in [1.807, 2.05) is 13.0 Å². The Kier molecular flexibility index (Phi) is 4.93. The molecule has 0 aliphatic carbocycles. The number of benzene rings is 2. The molecule has 0 aliphatic rings. The summed E-state index contributed by atoms with van der Waals surface area (Å²) >= 11 is 3.22. The van der Waals surface area contributed by atoms with Crippen LogP contribution in [0.25, 0.3) is 0 Å². The molecule has 1 N–H and O–H groups in total. The number of ether oxygens (including phenoxy) is 1. The molecule has 5 nitrogen and oxygen atoms in total. The monoisotopic (exact) mass is 351 g/mol. The molecule has 0 saturated heterocycles. The van der Waals surface area contributed by atoms with Crippen molar-refractivity contribution < 1.29 is 14.8 Å². The zero-order valence-corrected chi connectivity index (χ0v) is 12.9. The predicted octanol–water partition coefficient (Wildman–Crippen LogP) is 4.59. The Morgan fingerprint density at radius 3 is 2.71 bits per heavy atom. The number of nitro benzene ring substituents is 1. The van der Waals surface area contributed by atoms with E-state index in [2.05, 4.69) is 15.9 Å². The summed E-state index contributed by atoms with van der Waals surface area (Å²) in [5, 5.41) is 20.9. The van der Waals surface area contributed by atoms with Gasteiger partial charge in [-0.15, -0.1) is 0 Å². The van der Waals surface area contributed by atoms with Crippen LogP contribution in [0, 0.1) is 10.1 Å². The highest BCUT2D eigenvalue weighted by Crippen LogP contribution is 2.34. The summed E-state index contributed by atoms with van der Waals surface area (Å²) in [6.07, 6.45) is -0.0812. The van der Waals surface area contributed by atoms with E-state index in [1.165, 1.54) is 12.1 Å². The Balaban J connectivity index is 2.36. The lowest BCUT2D eigenvalue weighted by molar-refractivity contribution is -0.385. The number of nitrogens with zero attached hydrogens (tertiary/aromatic N) is 1. The number of aliphatic hydroxyl groups is 1. The summed E-state index contributed by atoms with van der Waals surface area (Å²) in [5.74, 6) is 0.825. The van der Waals surface area contributed by atoms with Crippen LogP contribution in [0.3, 0.4) is 0 Å². The molecule has 21 heavy (non-hydrogen) atoms. The summed E-state index contributed by atoms with van der Waals surface area (Å²) in [5.41, 5.74) is 0.593. The number of aliphatic hydroxyl groups excluding tert-OH is 1. The highest BCUT2D eigenvalue weighted by molar-refractivity contribution is 9.10. The molecule has 0 spiro atoms. The maximum atomic E-state index is 10.9. The molecule has 1 atom stereocenters. The Morgan fingerprint density at radius 2 is 2.05 bits per heavy atom. The van der Waals surface area contributed by atoms with Gasteiger partial charge in [0.05, 0.1) is 17.1 Å². The Bertz CT molecular complexity index is 660. The lowest BCUT2D eigenvalue weighted by atomic mass is 10.1. The van der Waals surface area contributed by atoms with Gasteiger partial charge in [0.25, 0.3) is 5.69 Å². The molecule has 0 bridgehead atoms. The van der Waals surface area contributed by atoms with Gasteiger partial charge in [0.2, 0.25) is 0 Å². The molecule has 0 fully saturated rings. The smallest absolute Gasteiger partial charge is 0.274 e. The van der Waals surface area contributed by atoms with Crippen molar-refractivity contribution in [3.8, 4) is 11.5 Å². The average molecular weight is 352 g/mol. The van der Waals surface area contributed by atoms with E-state index in [4.69, 9.17) is 4.74 Å². The molecule has 2 rings (SSSR count). The zero-order chi connectivity index (χ0) is 15.4. The summed E-state index contributed by atoms with van der Waals surface area (Å²) in [7, 11) is 0. The molecule has 0 amide bonds. The topological polar surface area (TPSA) is 72.6 Å². The minimum atomic E-state index is -0.636. The number of halogens is 1. The fourth-order valence-electron chi connectivity index (χ4n) is 1.91. The minimum Gasteiger partial charge on any atom is -0.457 e. The van der Waals surface area contributed by atoms with Crippen molar-refractivity contribution in [2.75, 3.05) is 0 Å². The molecule has 0 aromatic heterocycles. The van der Waals surface area contributed by atoms with Crippen LogP contribution in [-0.2, 0) is 0 Å². The standard InChI is InChI=1S/C15H14BrNO4/c1-2-14(18)13-5-3-4-6-15(13)21-12-8-10(16)7-11(9-12)17(19)20/h3-9,14,18H,2H2,1H3. The molecule has 0 aliphatic heterocycles. The van der Waals surface area contributed by atoms with Crippen LogP contribution in [0.2, 0.25) is 0 Å². The van der Waals surface area contributed by atoms with Crippen LogP contribution < -0.4 is 4.74 Å². The molecule has 2 aromatic carbocycles. The van der Waals surface area contributed by atoms with Gasteiger partial charge in [0.1, 0.15) is 11.5 Å². The van der Waals surface area contributed by atoms with Crippen molar-refractivity contribution in [3.63, 3.8) is 0 Å². The number of rotatable bonds is 5. The van der Waals surface area contributed by atoms with Crippen LogP contribution in [0.4, 0.5) is 5.69 Å². The number of non-ortho nitro benzene ring substituents is 1. The number of hydrogen-bond donors (Lipinski definition) is 1. The molecular formula is C15H14BrNO4. The first kappa shape index (κ1) is 15.5. The molecule has 6 heteroatoms. The fraction of sp³-hybridized carbons (Fsp3) is 0.200. The molecule has 0 saturated carbocycles. The highest BCUT2D eigenvalue weighted by atomic mass is 79.9. The SMILES string of the molecule is CCC(O)c1ccccc1Oc1cc(Br)cc([N+](=O)[O-])c1. The summed E-state index contributed by atoms with van der Waals surface area (Å²) in [6, 6.07) is 11.5. The van der Waals surface area contributed by atoms with E-state index in [-0.39, 0.29) is 5.69 Å². The van der Waals surface area contributed by atoms with E-state index >= 15 is 0 Å². The van der Waals surface area contributed by atoms with Gasteiger partial charge in [-0.1, -0.05) is 41.1 Å². The molecule has 0 radical (unpaired) electrons. The maximum absolute atomic E-state index is 10.9. The molecule has 2 aromatic rings. The Labute approximate surface area is 130 Å². The van der Waals surface area contributed by atoms with Crippen molar-refractivity contribution in [3.05, 3.63) is 62.6 Å². The van der Waals surface area contributed by atoms with E-state index in [0.717, 1.165) is 0 Å². The van der Waals surface area contributed by atoms with E-state index < -0.39 is 11.0 Å². The average Bonchev–Trinajstić information content (AvgIpc) is 2.46. The van der Waals surface area contributed by atoms with Crippen LogP contribution in [0.5, 0.6) is 11.5 Å². The van der Waals surface area contributed by atoms with Crippen molar-refractivity contribution >= 4 is 21.6 Å². The number of para-hydroxylation sites is 1. The normalized spacial score (nSPS) is 12.0. The Hall–Kier alpha value is -1.92. The quantitative estimate of drug-likeness (QED) is 0.631. The second-order valence-electron chi connectivity index (χ2n) is 4.47. The van der Waals surface area contributed by atoms with Gasteiger partial charge in [0, 0.05) is 16.1 Å². The van der Waals surface area contributed by atoms with Crippen molar-refractivity contribution in [2.45, 2.75) is 19.4 Å². The van der Waals surface area contributed by atoms with Crippen LogP contribution in [0.1, 0.15) is 25.0 Å². The van der Waals surface area contributed by atoms with Crippen LogP contribution in [0.15, 0.2) is 46.9 Å². The van der Waals surface area contributed by atoms with Gasteiger partial charge in [-0.2, -0.15) is 0 Å². The lowest BCUT2D eigenvalue weighted by Gasteiger charge is -2.14. The lowest BCUT2D eigenvalue weighted by Crippen LogP contribution is -1.99. The van der Waals surface area contributed by atoms with Crippen molar-refractivity contribution in [1.29, 1.82) is 0 Å². The second-order valence-corrected chi connectivity index (χ2v) is 5.38. The fourth-order valence-corrected chi connectivity index (χ4v) is 2.37. The second kappa shape index (κ2) is 6.69. The first-order valence-electron chi connectivity index (χ1n) is 6.41. The van der Waals surface area contributed by atoms with Crippen LogP contribution in [-0.4, -0.2) is 10.0 Å². The van der Waals surface area contributed by atoms with Gasteiger partial charge >= 0.3 is 0 Å². The summed E-state index contributed by atoms with van der Waals surface area (Å²) in [4.78, 5) is 10.4. The van der Waals surface area contributed by atoms with E-state index in [0.29, 0.717) is 28.0 Å². The minimum absolute atomic E-state index is 0.0621. The van der Waals surface area contributed by atoms with E-state index in [1.54, 1.807) is 24.3 Å². The third kappa shape index (κ3) is 3.80. The van der Waals surface area contributed by atoms with Crippen molar-refractivity contribution in [2.24, 2.45) is 0 Å². The molecule has 1 unspecified atom stereocenters. The first-order chi connectivity index (χ1) is 10.0. The molecule has 110 valence electrons. The highest BCUT2D eigenvalue weighted by Gasteiger charge is 2.14. The maximum Gasteiger partial charge on any atom is 0.274 e.